The summed E-state index contributed by atoms with van der Waals surface area (Å²) in [6.45, 7) is 1.66. The zero-order valence-corrected chi connectivity index (χ0v) is 19.2. The fourth-order valence-electron chi connectivity index (χ4n) is 2.85. The van der Waals surface area contributed by atoms with Crippen LogP contribution in [-0.2, 0) is 13.0 Å². The molecule has 0 bridgehead atoms. The fraction of sp³-hybridized carbons (Fsp3) is 0.333. The largest absolute Gasteiger partial charge is 0.454 e. The van der Waals surface area contributed by atoms with Crippen molar-refractivity contribution in [3.63, 3.8) is 0 Å². The molecule has 1 aliphatic heterocycles. The molecule has 1 aliphatic rings. The molecule has 2 aromatic rings. The van der Waals surface area contributed by atoms with Gasteiger partial charge in [0, 0.05) is 39.8 Å². The van der Waals surface area contributed by atoms with Crippen molar-refractivity contribution < 1.29 is 14.3 Å². The highest BCUT2D eigenvalue weighted by Gasteiger charge is 2.13. The maximum atomic E-state index is 11.9. The van der Waals surface area contributed by atoms with Crippen LogP contribution < -0.4 is 20.1 Å². The molecule has 0 spiro atoms. The summed E-state index contributed by atoms with van der Waals surface area (Å²) in [7, 11) is 5.24. The van der Waals surface area contributed by atoms with Crippen molar-refractivity contribution in [3.05, 3.63) is 59.2 Å². The Labute approximate surface area is 188 Å². The van der Waals surface area contributed by atoms with Crippen LogP contribution in [0.5, 0.6) is 11.5 Å². The smallest absolute Gasteiger partial charge is 0.253 e. The van der Waals surface area contributed by atoms with E-state index in [1.807, 2.05) is 42.5 Å². The SMILES string of the molecule is CN=C(NCCc1ccc2c(c1)OCO2)NCc1ccc(C(=O)N(C)C)cc1.I. The number of fused-ring (bicyclic) bond motifs is 1. The third kappa shape index (κ3) is 6.25. The molecule has 0 atom stereocenters. The van der Waals surface area contributed by atoms with Crippen molar-refractivity contribution in [3.8, 4) is 11.5 Å². The van der Waals surface area contributed by atoms with E-state index >= 15 is 0 Å². The topological polar surface area (TPSA) is 75.2 Å². The molecule has 3 rings (SSSR count). The lowest BCUT2D eigenvalue weighted by Gasteiger charge is -2.13. The van der Waals surface area contributed by atoms with Gasteiger partial charge in [-0.05, 0) is 41.8 Å². The minimum absolute atomic E-state index is 0. The second-order valence-corrected chi connectivity index (χ2v) is 6.69. The number of ether oxygens (including phenoxy) is 2. The lowest BCUT2D eigenvalue weighted by molar-refractivity contribution is 0.0827. The van der Waals surface area contributed by atoms with Gasteiger partial charge in [-0.2, -0.15) is 0 Å². The Bertz CT molecular complexity index is 854. The number of hydrogen-bond donors (Lipinski definition) is 2. The minimum Gasteiger partial charge on any atom is -0.454 e. The van der Waals surface area contributed by atoms with E-state index in [4.69, 9.17) is 9.47 Å². The number of amides is 1. The lowest BCUT2D eigenvalue weighted by atomic mass is 10.1. The van der Waals surface area contributed by atoms with Crippen LogP contribution in [0.15, 0.2) is 47.5 Å². The third-order valence-corrected chi connectivity index (χ3v) is 4.43. The molecule has 8 heteroatoms. The van der Waals surface area contributed by atoms with E-state index < -0.39 is 0 Å². The Hall–Kier alpha value is -2.49. The summed E-state index contributed by atoms with van der Waals surface area (Å²) >= 11 is 0. The molecule has 1 heterocycles. The summed E-state index contributed by atoms with van der Waals surface area (Å²) in [6, 6.07) is 13.6. The number of aliphatic imine (C=N–C) groups is 1. The van der Waals surface area contributed by atoms with Gasteiger partial charge in [-0.1, -0.05) is 18.2 Å². The molecule has 0 aromatic heterocycles. The number of guanidine groups is 1. The Morgan fingerprint density at radius 2 is 1.72 bits per heavy atom. The number of carbonyl (C=O) groups is 1. The zero-order chi connectivity index (χ0) is 19.9. The highest BCUT2D eigenvalue weighted by atomic mass is 127. The Balaban J connectivity index is 0.00000300. The first-order valence-corrected chi connectivity index (χ1v) is 9.20. The Morgan fingerprint density at radius 1 is 1.03 bits per heavy atom. The van der Waals surface area contributed by atoms with Gasteiger partial charge in [0.25, 0.3) is 5.91 Å². The van der Waals surface area contributed by atoms with Gasteiger partial charge in [0.15, 0.2) is 17.5 Å². The Kier molecular flexibility index (Phi) is 8.56. The van der Waals surface area contributed by atoms with Crippen LogP contribution in [0, 0.1) is 0 Å². The third-order valence-electron chi connectivity index (χ3n) is 4.43. The van der Waals surface area contributed by atoms with Gasteiger partial charge >= 0.3 is 0 Å². The highest BCUT2D eigenvalue weighted by molar-refractivity contribution is 14.0. The average Bonchev–Trinajstić information content (AvgIpc) is 3.18. The number of hydrogen-bond acceptors (Lipinski definition) is 4. The summed E-state index contributed by atoms with van der Waals surface area (Å²) in [5.41, 5.74) is 2.93. The van der Waals surface area contributed by atoms with Crippen molar-refractivity contribution in [2.75, 3.05) is 34.5 Å². The van der Waals surface area contributed by atoms with E-state index in [1.54, 1.807) is 26.0 Å². The summed E-state index contributed by atoms with van der Waals surface area (Å²) < 4.78 is 10.7. The molecule has 0 saturated heterocycles. The van der Waals surface area contributed by atoms with Gasteiger partial charge in [-0.25, -0.2) is 0 Å². The monoisotopic (exact) mass is 510 g/mol. The van der Waals surface area contributed by atoms with Gasteiger partial charge in [0.1, 0.15) is 0 Å². The number of halogens is 1. The molecule has 2 aromatic carbocycles. The van der Waals surface area contributed by atoms with E-state index in [1.165, 1.54) is 5.56 Å². The van der Waals surface area contributed by atoms with Gasteiger partial charge in [0.2, 0.25) is 6.79 Å². The summed E-state index contributed by atoms with van der Waals surface area (Å²) in [6.07, 6.45) is 0.846. The van der Waals surface area contributed by atoms with E-state index in [0.717, 1.165) is 36.0 Å². The number of nitrogens with zero attached hydrogens (tertiary/aromatic N) is 2. The molecule has 156 valence electrons. The molecule has 0 fully saturated rings. The molecular formula is C21H27IN4O3. The van der Waals surface area contributed by atoms with Crippen molar-refractivity contribution in [2.24, 2.45) is 4.99 Å². The van der Waals surface area contributed by atoms with E-state index in [9.17, 15) is 4.79 Å². The van der Waals surface area contributed by atoms with Crippen LogP contribution in [0.1, 0.15) is 21.5 Å². The molecule has 0 saturated carbocycles. The predicted octanol–water partition coefficient (Wildman–Crippen LogP) is 2.64. The predicted molar refractivity (Wildman–Crippen MR) is 124 cm³/mol. The first kappa shape index (κ1) is 22.8. The van der Waals surface area contributed by atoms with Crippen LogP contribution in [0.3, 0.4) is 0 Å². The second kappa shape index (κ2) is 10.9. The first-order chi connectivity index (χ1) is 13.6. The van der Waals surface area contributed by atoms with E-state index in [0.29, 0.717) is 12.1 Å². The van der Waals surface area contributed by atoms with E-state index in [-0.39, 0.29) is 36.7 Å². The molecule has 0 radical (unpaired) electrons. The molecule has 2 N–H and O–H groups in total. The van der Waals surface area contributed by atoms with E-state index in [2.05, 4.69) is 15.6 Å². The summed E-state index contributed by atoms with van der Waals surface area (Å²) in [5, 5.41) is 6.59. The second-order valence-electron chi connectivity index (χ2n) is 6.69. The zero-order valence-electron chi connectivity index (χ0n) is 16.9. The van der Waals surface area contributed by atoms with Crippen molar-refractivity contribution in [2.45, 2.75) is 13.0 Å². The fourth-order valence-corrected chi connectivity index (χ4v) is 2.85. The van der Waals surface area contributed by atoms with Gasteiger partial charge in [0.05, 0.1) is 0 Å². The number of nitrogens with one attached hydrogen (secondary N) is 2. The average molecular weight is 510 g/mol. The number of benzene rings is 2. The van der Waals surface area contributed by atoms with Crippen LogP contribution in [0.4, 0.5) is 0 Å². The molecule has 0 unspecified atom stereocenters. The maximum Gasteiger partial charge on any atom is 0.253 e. The van der Waals surface area contributed by atoms with Crippen molar-refractivity contribution >= 4 is 35.8 Å². The summed E-state index contributed by atoms with van der Waals surface area (Å²) in [4.78, 5) is 17.8. The minimum atomic E-state index is 0. The van der Waals surface area contributed by atoms with Crippen LogP contribution in [0.2, 0.25) is 0 Å². The molecule has 1 amide bonds. The molecular weight excluding hydrogens is 483 g/mol. The molecule has 29 heavy (non-hydrogen) atoms. The van der Waals surface area contributed by atoms with Gasteiger partial charge in [-0.3, -0.25) is 9.79 Å². The van der Waals surface area contributed by atoms with Crippen LogP contribution in [-0.4, -0.2) is 51.2 Å². The maximum absolute atomic E-state index is 11.9. The quantitative estimate of drug-likeness (QED) is 0.355. The highest BCUT2D eigenvalue weighted by Crippen LogP contribution is 2.32. The van der Waals surface area contributed by atoms with Crippen molar-refractivity contribution in [1.29, 1.82) is 0 Å². The van der Waals surface area contributed by atoms with Gasteiger partial charge in [-0.15, -0.1) is 24.0 Å². The lowest BCUT2D eigenvalue weighted by Crippen LogP contribution is -2.37. The normalized spacial score (nSPS) is 12.2. The molecule has 0 aliphatic carbocycles. The van der Waals surface area contributed by atoms with Crippen molar-refractivity contribution in [1.82, 2.24) is 15.5 Å². The van der Waals surface area contributed by atoms with Crippen LogP contribution >= 0.6 is 24.0 Å². The van der Waals surface area contributed by atoms with Gasteiger partial charge < -0.3 is 25.0 Å². The molecule has 7 nitrogen and oxygen atoms in total. The number of rotatable bonds is 6. The Morgan fingerprint density at radius 3 is 2.41 bits per heavy atom. The standard InChI is InChI=1S/C21H26N4O3.HI/c1-22-21(23-11-10-15-6-9-18-19(12-15)28-14-27-18)24-13-16-4-7-17(8-5-16)20(26)25(2)3;/h4-9,12H,10-11,13-14H2,1-3H3,(H2,22,23,24);1H. The van der Waals surface area contributed by atoms with Crippen LogP contribution in [0.25, 0.3) is 0 Å². The first-order valence-electron chi connectivity index (χ1n) is 9.20. The summed E-state index contributed by atoms with van der Waals surface area (Å²) in [5.74, 6) is 2.33. The number of carbonyl (C=O) groups excluding carboxylic acids is 1.